The summed E-state index contributed by atoms with van der Waals surface area (Å²) in [7, 11) is 0. The highest BCUT2D eigenvalue weighted by Gasteiger charge is 2.17. The number of nitrogens with two attached hydrogens (primary N) is 1. The van der Waals surface area contributed by atoms with E-state index < -0.39 is 29.0 Å². The number of carbonyl (C=O) groups is 1. The van der Waals surface area contributed by atoms with Crippen LogP contribution >= 0.6 is 15.9 Å². The summed E-state index contributed by atoms with van der Waals surface area (Å²) in [4.78, 5) is 11.9. The molecule has 0 saturated carbocycles. The molecular formula is C13H9BrF3N3O. The van der Waals surface area contributed by atoms with E-state index in [4.69, 9.17) is 5.84 Å². The summed E-state index contributed by atoms with van der Waals surface area (Å²) in [5.74, 6) is 1.35. The van der Waals surface area contributed by atoms with Crippen LogP contribution in [0.1, 0.15) is 10.4 Å². The molecule has 0 spiro atoms. The van der Waals surface area contributed by atoms with Crippen LogP contribution in [0.25, 0.3) is 0 Å². The zero-order chi connectivity index (χ0) is 15.6. The Kier molecular flexibility index (Phi) is 4.49. The van der Waals surface area contributed by atoms with E-state index in [1.54, 1.807) is 0 Å². The van der Waals surface area contributed by atoms with E-state index in [2.05, 4.69) is 21.2 Å². The van der Waals surface area contributed by atoms with Gasteiger partial charge in [-0.25, -0.2) is 13.2 Å². The first-order valence-corrected chi connectivity index (χ1v) is 6.44. The minimum absolute atomic E-state index is 0.121. The van der Waals surface area contributed by atoms with Crippen molar-refractivity contribution in [2.45, 2.75) is 0 Å². The summed E-state index contributed by atoms with van der Waals surface area (Å²) in [5, 5.41) is 2.24. The molecule has 0 bridgehead atoms. The monoisotopic (exact) mass is 359 g/mol. The molecule has 2 aromatic rings. The van der Waals surface area contributed by atoms with E-state index in [0.29, 0.717) is 4.47 Å². The van der Waals surface area contributed by atoms with Gasteiger partial charge in [-0.15, -0.1) is 0 Å². The second-order valence-corrected chi connectivity index (χ2v) is 4.86. The van der Waals surface area contributed by atoms with Gasteiger partial charge in [0.05, 0.1) is 5.69 Å². The molecule has 0 aromatic heterocycles. The van der Waals surface area contributed by atoms with Gasteiger partial charge in [-0.3, -0.25) is 10.6 Å². The van der Waals surface area contributed by atoms with E-state index in [-0.39, 0.29) is 11.3 Å². The van der Waals surface area contributed by atoms with Gasteiger partial charge in [0.15, 0.2) is 11.6 Å². The number of nitrogens with one attached hydrogen (secondary N) is 2. The first-order chi connectivity index (χ1) is 9.93. The number of benzene rings is 2. The zero-order valence-corrected chi connectivity index (χ0v) is 12.0. The quantitative estimate of drug-likeness (QED) is 0.581. The topological polar surface area (TPSA) is 67.1 Å². The summed E-state index contributed by atoms with van der Waals surface area (Å²) in [6.45, 7) is 0. The minimum Gasteiger partial charge on any atom is -0.319 e. The number of hydrogen-bond donors (Lipinski definition) is 3. The molecule has 21 heavy (non-hydrogen) atoms. The van der Waals surface area contributed by atoms with E-state index in [1.807, 2.05) is 5.43 Å². The van der Waals surface area contributed by atoms with Crippen LogP contribution in [0.15, 0.2) is 34.8 Å². The lowest BCUT2D eigenvalue weighted by Crippen LogP contribution is -2.16. The Labute approximate surface area is 126 Å². The minimum atomic E-state index is -1.03. The van der Waals surface area contributed by atoms with E-state index in [1.165, 1.54) is 12.1 Å². The number of halogens is 4. The molecule has 2 aromatic carbocycles. The predicted octanol–water partition coefficient (Wildman–Crippen LogP) is 3.40. The van der Waals surface area contributed by atoms with Crippen LogP contribution in [0.3, 0.4) is 0 Å². The summed E-state index contributed by atoms with van der Waals surface area (Å²) in [6, 6.07) is 5.69. The molecule has 0 heterocycles. The second kappa shape index (κ2) is 6.15. The van der Waals surface area contributed by atoms with Crippen molar-refractivity contribution in [3.8, 4) is 0 Å². The maximum absolute atomic E-state index is 13.6. The Morgan fingerprint density at radius 3 is 2.19 bits per heavy atom. The molecule has 0 atom stereocenters. The van der Waals surface area contributed by atoms with E-state index in [0.717, 1.165) is 18.2 Å². The molecule has 4 N–H and O–H groups in total. The molecule has 0 unspecified atom stereocenters. The SMILES string of the molecule is NNc1c(F)cc(C(=O)Nc2c(F)cccc2Br)cc1F. The number of amides is 1. The number of hydrazine groups is 1. The third-order valence-electron chi connectivity index (χ3n) is 2.65. The number of carbonyl (C=O) groups excluding carboxylic acids is 1. The van der Waals surface area contributed by atoms with Gasteiger partial charge in [-0.05, 0) is 40.2 Å². The van der Waals surface area contributed by atoms with Gasteiger partial charge in [0, 0.05) is 10.0 Å². The van der Waals surface area contributed by atoms with Crippen molar-refractivity contribution >= 4 is 33.2 Å². The van der Waals surface area contributed by atoms with Crippen LogP contribution in [0.2, 0.25) is 0 Å². The summed E-state index contributed by atoms with van der Waals surface area (Å²) < 4.78 is 40.9. The number of nitrogen functional groups attached to an aromatic ring is 1. The lowest BCUT2D eigenvalue weighted by molar-refractivity contribution is 0.102. The molecule has 0 radical (unpaired) electrons. The van der Waals surface area contributed by atoms with Crippen molar-refractivity contribution in [1.29, 1.82) is 0 Å². The molecule has 4 nitrogen and oxygen atoms in total. The van der Waals surface area contributed by atoms with Gasteiger partial charge < -0.3 is 10.7 Å². The summed E-state index contributed by atoms with van der Waals surface area (Å²) in [6.07, 6.45) is 0. The normalized spacial score (nSPS) is 10.3. The summed E-state index contributed by atoms with van der Waals surface area (Å²) in [5.41, 5.74) is 0.864. The van der Waals surface area contributed by atoms with Crippen LogP contribution in [0, 0.1) is 17.5 Å². The molecule has 0 saturated heterocycles. The van der Waals surface area contributed by atoms with Gasteiger partial charge >= 0.3 is 0 Å². The number of rotatable bonds is 3. The zero-order valence-electron chi connectivity index (χ0n) is 10.4. The number of anilines is 2. The van der Waals surface area contributed by atoms with Crippen molar-refractivity contribution in [3.63, 3.8) is 0 Å². The van der Waals surface area contributed by atoms with E-state index >= 15 is 0 Å². The molecule has 1 amide bonds. The number of hydrogen-bond acceptors (Lipinski definition) is 3. The maximum atomic E-state index is 13.6. The van der Waals surface area contributed by atoms with Crippen molar-refractivity contribution in [2.24, 2.45) is 5.84 Å². The second-order valence-electron chi connectivity index (χ2n) is 4.01. The first kappa shape index (κ1) is 15.3. The molecular weight excluding hydrogens is 351 g/mol. The standard InChI is InChI=1S/C13H9BrF3N3O/c14-7-2-1-3-8(15)11(7)19-13(21)6-4-9(16)12(20-18)10(17)5-6/h1-5,20H,18H2,(H,19,21). The summed E-state index contributed by atoms with van der Waals surface area (Å²) >= 11 is 3.07. The predicted molar refractivity (Wildman–Crippen MR) is 76.2 cm³/mol. The van der Waals surface area contributed by atoms with Crippen LogP contribution in [-0.4, -0.2) is 5.91 Å². The Morgan fingerprint density at radius 1 is 1.05 bits per heavy atom. The Balaban J connectivity index is 2.33. The van der Waals surface area contributed by atoms with E-state index in [9.17, 15) is 18.0 Å². The Hall–Kier alpha value is -2.06. The largest absolute Gasteiger partial charge is 0.319 e. The average Bonchev–Trinajstić information content (AvgIpc) is 2.42. The van der Waals surface area contributed by atoms with Gasteiger partial charge in [0.1, 0.15) is 11.5 Å². The maximum Gasteiger partial charge on any atom is 0.255 e. The van der Waals surface area contributed by atoms with Crippen LogP contribution in [0.4, 0.5) is 24.5 Å². The number of para-hydroxylation sites is 1. The molecule has 2 rings (SSSR count). The average molecular weight is 360 g/mol. The van der Waals surface area contributed by atoms with Crippen molar-refractivity contribution in [2.75, 3.05) is 10.7 Å². The Morgan fingerprint density at radius 2 is 1.67 bits per heavy atom. The molecule has 0 aliphatic rings. The molecule has 0 aliphatic carbocycles. The fraction of sp³-hybridized carbons (Fsp3) is 0. The fourth-order valence-corrected chi connectivity index (χ4v) is 2.09. The van der Waals surface area contributed by atoms with Gasteiger partial charge in [-0.1, -0.05) is 6.07 Å². The van der Waals surface area contributed by atoms with Crippen molar-refractivity contribution < 1.29 is 18.0 Å². The molecule has 110 valence electrons. The van der Waals surface area contributed by atoms with Crippen molar-refractivity contribution in [3.05, 3.63) is 57.8 Å². The van der Waals surface area contributed by atoms with Crippen LogP contribution in [-0.2, 0) is 0 Å². The smallest absolute Gasteiger partial charge is 0.255 e. The first-order valence-electron chi connectivity index (χ1n) is 5.65. The van der Waals surface area contributed by atoms with Gasteiger partial charge in [-0.2, -0.15) is 0 Å². The lowest BCUT2D eigenvalue weighted by atomic mass is 10.1. The van der Waals surface area contributed by atoms with Crippen LogP contribution in [0.5, 0.6) is 0 Å². The Bertz CT molecular complexity index is 666. The third-order valence-corrected chi connectivity index (χ3v) is 3.31. The third kappa shape index (κ3) is 3.17. The highest BCUT2D eigenvalue weighted by molar-refractivity contribution is 9.10. The van der Waals surface area contributed by atoms with Gasteiger partial charge in [0.2, 0.25) is 0 Å². The molecule has 0 aliphatic heterocycles. The van der Waals surface area contributed by atoms with Crippen LogP contribution < -0.4 is 16.6 Å². The highest BCUT2D eigenvalue weighted by Crippen LogP contribution is 2.26. The molecule has 0 fully saturated rings. The fourth-order valence-electron chi connectivity index (χ4n) is 1.65. The molecule has 8 heteroatoms. The van der Waals surface area contributed by atoms with Gasteiger partial charge in [0.25, 0.3) is 5.91 Å². The lowest BCUT2D eigenvalue weighted by Gasteiger charge is -2.10. The highest BCUT2D eigenvalue weighted by atomic mass is 79.9. The van der Waals surface area contributed by atoms with Crippen molar-refractivity contribution in [1.82, 2.24) is 0 Å².